The predicted octanol–water partition coefficient (Wildman–Crippen LogP) is 1.61. The van der Waals surface area contributed by atoms with Crippen molar-refractivity contribution in [2.45, 2.75) is 19.9 Å². The minimum Gasteiger partial charge on any atom is -0.496 e. The van der Waals surface area contributed by atoms with Crippen molar-refractivity contribution in [3.63, 3.8) is 0 Å². The molecule has 0 fully saturated rings. The molecule has 23 heavy (non-hydrogen) atoms. The van der Waals surface area contributed by atoms with E-state index < -0.39 is 6.04 Å². The van der Waals surface area contributed by atoms with E-state index in [9.17, 15) is 4.79 Å². The predicted molar refractivity (Wildman–Crippen MR) is 87.5 cm³/mol. The Kier molecular flexibility index (Phi) is 6.99. The number of hydrogen-bond acceptors (Lipinski definition) is 6. The number of nitrogens with one attached hydrogen (secondary N) is 1. The van der Waals surface area contributed by atoms with Crippen LogP contribution in [-0.2, 0) is 4.79 Å². The summed E-state index contributed by atoms with van der Waals surface area (Å²) < 4.78 is 10.4. The van der Waals surface area contributed by atoms with Crippen molar-refractivity contribution in [2.75, 3.05) is 13.7 Å². The molecule has 1 aromatic heterocycles. The van der Waals surface area contributed by atoms with Gasteiger partial charge in [-0.1, -0.05) is 30.3 Å². The maximum Gasteiger partial charge on any atom is 0.224 e. The lowest BCUT2D eigenvalue weighted by Gasteiger charge is -2.20. The first-order valence-corrected chi connectivity index (χ1v) is 7.00. The van der Waals surface area contributed by atoms with Crippen LogP contribution in [0, 0.1) is 12.8 Å². The lowest BCUT2D eigenvalue weighted by Crippen LogP contribution is -2.37. The zero-order valence-corrected chi connectivity index (χ0v) is 14.1. The molecule has 8 heteroatoms. The van der Waals surface area contributed by atoms with E-state index in [4.69, 9.17) is 15.0 Å². The second-order valence-corrected chi connectivity index (χ2v) is 4.99. The maximum atomic E-state index is 12.2. The van der Waals surface area contributed by atoms with Gasteiger partial charge in [0.2, 0.25) is 11.8 Å². The van der Waals surface area contributed by atoms with Gasteiger partial charge in [-0.05, 0) is 6.07 Å². The van der Waals surface area contributed by atoms with E-state index >= 15 is 0 Å². The third-order valence-electron chi connectivity index (χ3n) is 3.34. The number of nitrogens with two attached hydrogens (primary N) is 1. The molecular formula is C15H21ClN4O3. The summed E-state index contributed by atoms with van der Waals surface area (Å²) in [7, 11) is 1.57. The monoisotopic (exact) mass is 340 g/mol. The molecule has 7 nitrogen and oxygen atoms in total. The SMILES string of the molecule is COc1ccccc1C(NC(=O)C(C)CN)c1noc(C)n1.Cl. The average Bonchev–Trinajstić information content (AvgIpc) is 2.97. The molecule has 0 saturated heterocycles. The fraction of sp³-hybridized carbons (Fsp3) is 0.400. The van der Waals surface area contributed by atoms with Crippen LogP contribution in [-0.4, -0.2) is 29.7 Å². The Balaban J connectivity index is 0.00000264. The number of hydrogen-bond donors (Lipinski definition) is 2. The highest BCUT2D eigenvalue weighted by Crippen LogP contribution is 2.28. The summed E-state index contributed by atoms with van der Waals surface area (Å²) in [6.07, 6.45) is 0. The summed E-state index contributed by atoms with van der Waals surface area (Å²) in [5.74, 6) is 0.942. The first-order chi connectivity index (χ1) is 10.6. The van der Waals surface area contributed by atoms with E-state index in [-0.39, 0.29) is 30.8 Å². The summed E-state index contributed by atoms with van der Waals surface area (Å²) in [6.45, 7) is 3.71. The van der Waals surface area contributed by atoms with Gasteiger partial charge >= 0.3 is 0 Å². The van der Waals surface area contributed by atoms with Crippen LogP contribution in [0.5, 0.6) is 5.75 Å². The lowest BCUT2D eigenvalue weighted by molar-refractivity contribution is -0.124. The molecule has 1 aromatic carbocycles. The van der Waals surface area contributed by atoms with Gasteiger partial charge < -0.3 is 20.3 Å². The summed E-state index contributed by atoms with van der Waals surface area (Å²) in [5, 5.41) is 6.82. The molecule has 2 unspecified atom stereocenters. The zero-order chi connectivity index (χ0) is 16.1. The first-order valence-electron chi connectivity index (χ1n) is 7.00. The Morgan fingerprint density at radius 2 is 2.13 bits per heavy atom. The summed E-state index contributed by atoms with van der Waals surface area (Å²) >= 11 is 0. The van der Waals surface area contributed by atoms with Crippen molar-refractivity contribution in [1.82, 2.24) is 15.5 Å². The van der Waals surface area contributed by atoms with E-state index in [0.717, 1.165) is 5.56 Å². The minimum atomic E-state index is -0.560. The van der Waals surface area contributed by atoms with Gasteiger partial charge in [0.15, 0.2) is 5.82 Å². The number of aryl methyl sites for hydroxylation is 1. The minimum absolute atomic E-state index is 0. The number of methoxy groups -OCH3 is 1. The van der Waals surface area contributed by atoms with Crippen LogP contribution in [0.3, 0.4) is 0 Å². The summed E-state index contributed by atoms with van der Waals surface area (Å²) in [4.78, 5) is 16.4. The molecule has 0 spiro atoms. The van der Waals surface area contributed by atoms with Crippen molar-refractivity contribution in [3.8, 4) is 5.75 Å². The van der Waals surface area contributed by atoms with E-state index in [1.165, 1.54) is 0 Å². The number of rotatable bonds is 6. The van der Waals surface area contributed by atoms with Crippen LogP contribution >= 0.6 is 12.4 Å². The van der Waals surface area contributed by atoms with Crippen LogP contribution in [0.2, 0.25) is 0 Å². The van der Waals surface area contributed by atoms with Gasteiger partial charge in [-0.2, -0.15) is 4.98 Å². The molecule has 2 atom stereocenters. The molecule has 0 radical (unpaired) electrons. The number of amides is 1. The van der Waals surface area contributed by atoms with Crippen LogP contribution in [0.15, 0.2) is 28.8 Å². The maximum absolute atomic E-state index is 12.2. The number of halogens is 1. The largest absolute Gasteiger partial charge is 0.496 e. The van der Waals surface area contributed by atoms with Crippen molar-refractivity contribution in [3.05, 3.63) is 41.5 Å². The molecule has 0 aliphatic heterocycles. The third-order valence-corrected chi connectivity index (χ3v) is 3.34. The number of ether oxygens (including phenoxy) is 1. The molecule has 1 heterocycles. The quantitative estimate of drug-likeness (QED) is 0.828. The fourth-order valence-electron chi connectivity index (χ4n) is 2.01. The van der Waals surface area contributed by atoms with Crippen molar-refractivity contribution in [2.24, 2.45) is 11.7 Å². The van der Waals surface area contributed by atoms with Crippen LogP contribution in [0.1, 0.15) is 30.2 Å². The molecule has 126 valence electrons. The molecule has 1 amide bonds. The van der Waals surface area contributed by atoms with Gasteiger partial charge in [-0.15, -0.1) is 12.4 Å². The summed E-state index contributed by atoms with van der Waals surface area (Å²) in [5.41, 5.74) is 6.30. The standard InChI is InChI=1S/C15H20N4O3.ClH/c1-9(8-16)15(20)18-13(14-17-10(2)22-19-14)11-6-4-5-7-12(11)21-3;/h4-7,9,13H,8,16H2,1-3H3,(H,18,20);1H. The number of nitrogens with zero attached hydrogens (tertiary/aromatic N) is 2. The van der Waals surface area contributed by atoms with Crippen molar-refractivity contribution < 1.29 is 14.1 Å². The Labute approximate surface area is 141 Å². The fourth-order valence-corrected chi connectivity index (χ4v) is 2.01. The number of carbonyl (C=O) groups is 1. The lowest BCUT2D eigenvalue weighted by atomic mass is 10.0. The highest BCUT2D eigenvalue weighted by molar-refractivity contribution is 5.85. The molecule has 0 bridgehead atoms. The molecule has 0 saturated carbocycles. The molecule has 3 N–H and O–H groups in total. The highest BCUT2D eigenvalue weighted by Gasteiger charge is 2.26. The number of carbonyl (C=O) groups excluding carboxylic acids is 1. The molecule has 0 aliphatic rings. The highest BCUT2D eigenvalue weighted by atomic mass is 35.5. The third kappa shape index (κ3) is 4.43. The van der Waals surface area contributed by atoms with E-state index in [2.05, 4.69) is 15.5 Å². The molecule has 2 rings (SSSR count). The Bertz CT molecular complexity index is 647. The topological polar surface area (TPSA) is 103 Å². The normalized spacial score (nSPS) is 12.9. The Morgan fingerprint density at radius 3 is 2.70 bits per heavy atom. The second kappa shape index (κ2) is 8.50. The first kappa shape index (κ1) is 18.9. The van der Waals surface area contributed by atoms with Gasteiger partial charge in [-0.25, -0.2) is 0 Å². The van der Waals surface area contributed by atoms with Crippen LogP contribution < -0.4 is 15.8 Å². The number of benzene rings is 1. The van der Waals surface area contributed by atoms with Crippen LogP contribution in [0.25, 0.3) is 0 Å². The Hall–Kier alpha value is -2.12. The molecule has 0 aliphatic carbocycles. The van der Waals surface area contributed by atoms with Crippen molar-refractivity contribution >= 4 is 18.3 Å². The number of aromatic nitrogens is 2. The van der Waals surface area contributed by atoms with E-state index in [1.54, 1.807) is 21.0 Å². The van der Waals surface area contributed by atoms with Gasteiger partial charge in [0.25, 0.3) is 0 Å². The number of para-hydroxylation sites is 1. The average molecular weight is 341 g/mol. The van der Waals surface area contributed by atoms with Gasteiger partial charge in [0.05, 0.1) is 7.11 Å². The smallest absolute Gasteiger partial charge is 0.224 e. The second-order valence-electron chi connectivity index (χ2n) is 4.99. The zero-order valence-electron chi connectivity index (χ0n) is 13.3. The van der Waals surface area contributed by atoms with Crippen molar-refractivity contribution in [1.29, 1.82) is 0 Å². The molecular weight excluding hydrogens is 320 g/mol. The van der Waals surface area contributed by atoms with Gasteiger partial charge in [0, 0.05) is 24.9 Å². The van der Waals surface area contributed by atoms with E-state index in [1.807, 2.05) is 24.3 Å². The van der Waals surface area contributed by atoms with Gasteiger partial charge in [0.1, 0.15) is 11.8 Å². The van der Waals surface area contributed by atoms with Gasteiger partial charge in [-0.3, -0.25) is 4.79 Å². The molecule has 2 aromatic rings. The summed E-state index contributed by atoms with van der Waals surface area (Å²) in [6, 6.07) is 6.81. The van der Waals surface area contributed by atoms with Crippen LogP contribution in [0.4, 0.5) is 0 Å². The van der Waals surface area contributed by atoms with E-state index in [0.29, 0.717) is 17.5 Å². The Morgan fingerprint density at radius 1 is 1.43 bits per heavy atom.